The summed E-state index contributed by atoms with van der Waals surface area (Å²) in [5.41, 5.74) is 1.42. The molecule has 0 bridgehead atoms. The quantitative estimate of drug-likeness (QED) is 0.369. The molecule has 34 heavy (non-hydrogen) atoms. The van der Waals surface area contributed by atoms with E-state index in [4.69, 9.17) is 9.47 Å². The molecular formula is C24H30FN5O3S. The number of anilines is 2. The maximum Gasteiger partial charge on any atom is 0.261 e. The van der Waals surface area contributed by atoms with Crippen LogP contribution in [0, 0.1) is 12.7 Å². The van der Waals surface area contributed by atoms with Gasteiger partial charge < -0.3 is 25.4 Å². The molecule has 1 aliphatic rings. The number of carbonyl (C=O) groups excluding carboxylic acids is 1. The van der Waals surface area contributed by atoms with Gasteiger partial charge in [-0.2, -0.15) is 0 Å². The van der Waals surface area contributed by atoms with Crippen molar-refractivity contribution in [3.63, 3.8) is 0 Å². The van der Waals surface area contributed by atoms with Gasteiger partial charge in [0.25, 0.3) is 5.91 Å². The average molecular weight is 488 g/mol. The van der Waals surface area contributed by atoms with E-state index >= 15 is 0 Å². The van der Waals surface area contributed by atoms with E-state index in [2.05, 4.69) is 25.9 Å². The van der Waals surface area contributed by atoms with Crippen molar-refractivity contribution >= 4 is 39.0 Å². The molecule has 0 spiro atoms. The predicted molar refractivity (Wildman–Crippen MR) is 132 cm³/mol. The molecule has 0 atom stereocenters. The molecule has 182 valence electrons. The Hall–Kier alpha value is -2.82. The molecule has 0 saturated carbocycles. The fourth-order valence-corrected chi connectivity index (χ4v) is 4.95. The van der Waals surface area contributed by atoms with Gasteiger partial charge in [-0.05, 0) is 51.1 Å². The first kappa shape index (κ1) is 24.3. The minimum Gasteiger partial charge on any atom is -0.488 e. The fraction of sp³-hybridized carbons (Fsp3) is 0.458. The Bertz CT molecular complexity index is 1130. The summed E-state index contributed by atoms with van der Waals surface area (Å²) in [4.78, 5) is 22.9. The van der Waals surface area contributed by atoms with E-state index in [1.165, 1.54) is 29.8 Å². The molecule has 0 aliphatic carbocycles. The average Bonchev–Trinajstić information content (AvgIpc) is 3.18. The Kier molecular flexibility index (Phi) is 8.25. The number of aryl methyl sites for hydroxylation is 1. The summed E-state index contributed by atoms with van der Waals surface area (Å²) in [6, 6.07) is 4.40. The molecule has 1 aliphatic heterocycles. The first-order chi connectivity index (χ1) is 16.6. The highest BCUT2D eigenvalue weighted by Gasteiger charge is 2.21. The second-order valence-corrected chi connectivity index (χ2v) is 9.22. The maximum atomic E-state index is 14.0. The zero-order valence-electron chi connectivity index (χ0n) is 19.4. The third kappa shape index (κ3) is 5.81. The number of hydrogen-bond acceptors (Lipinski definition) is 8. The van der Waals surface area contributed by atoms with E-state index in [-0.39, 0.29) is 17.8 Å². The minimum absolute atomic E-state index is 0.0344. The van der Waals surface area contributed by atoms with Crippen molar-refractivity contribution in [2.45, 2.75) is 38.7 Å². The fourth-order valence-electron chi connectivity index (χ4n) is 3.89. The number of halogens is 1. The lowest BCUT2D eigenvalue weighted by Gasteiger charge is -2.24. The smallest absolute Gasteiger partial charge is 0.261 e. The second-order valence-electron chi connectivity index (χ2n) is 8.22. The number of aromatic nitrogens is 2. The van der Waals surface area contributed by atoms with Gasteiger partial charge in [0.05, 0.1) is 29.2 Å². The number of carbonyl (C=O) groups is 1. The van der Waals surface area contributed by atoms with Gasteiger partial charge in [-0.1, -0.05) is 0 Å². The molecule has 0 radical (unpaired) electrons. The van der Waals surface area contributed by atoms with Crippen LogP contribution in [-0.2, 0) is 4.74 Å². The minimum atomic E-state index is -0.374. The Morgan fingerprint density at radius 2 is 2.03 bits per heavy atom. The van der Waals surface area contributed by atoms with Gasteiger partial charge in [-0.3, -0.25) is 4.79 Å². The van der Waals surface area contributed by atoms with Crippen LogP contribution in [0.3, 0.4) is 0 Å². The lowest BCUT2D eigenvalue weighted by Crippen LogP contribution is -2.26. The standard InChI is InChI=1S/C24H30FN5O3S/c1-15-20-22(28-14-29-24(20)34-21(15)23(31)27-10-4-3-9-26-2)30-18-6-5-16(25)13-19(18)33-17-7-11-32-12-8-17/h5-6,13-14,17,26H,3-4,7-12H2,1-2H3,(H,27,31)(H,28,29,30). The van der Waals surface area contributed by atoms with Gasteiger partial charge >= 0.3 is 0 Å². The number of fused-ring (bicyclic) bond motifs is 1. The molecule has 4 rings (SSSR count). The summed E-state index contributed by atoms with van der Waals surface area (Å²) in [6.07, 6.45) is 4.84. The first-order valence-corrected chi connectivity index (χ1v) is 12.4. The van der Waals surface area contributed by atoms with Crippen molar-refractivity contribution in [1.82, 2.24) is 20.6 Å². The molecule has 0 unspecified atom stereocenters. The van der Waals surface area contributed by atoms with Crippen LogP contribution in [0.25, 0.3) is 10.2 Å². The van der Waals surface area contributed by atoms with Crippen molar-refractivity contribution in [1.29, 1.82) is 0 Å². The van der Waals surface area contributed by atoms with E-state index in [9.17, 15) is 9.18 Å². The number of unbranched alkanes of at least 4 members (excludes halogenated alkanes) is 1. The van der Waals surface area contributed by atoms with Crippen molar-refractivity contribution in [3.8, 4) is 5.75 Å². The number of nitrogens with one attached hydrogen (secondary N) is 3. The number of rotatable bonds is 10. The van der Waals surface area contributed by atoms with Crippen LogP contribution < -0.4 is 20.7 Å². The molecule has 1 aromatic carbocycles. The van der Waals surface area contributed by atoms with Crippen molar-refractivity contribution in [2.24, 2.45) is 0 Å². The molecule has 8 nitrogen and oxygen atoms in total. The van der Waals surface area contributed by atoms with Gasteiger partial charge in [-0.15, -0.1) is 11.3 Å². The Morgan fingerprint density at radius 1 is 1.24 bits per heavy atom. The lowest BCUT2D eigenvalue weighted by atomic mass is 10.1. The summed E-state index contributed by atoms with van der Waals surface area (Å²) in [6.45, 7) is 4.69. The van der Waals surface area contributed by atoms with Crippen LogP contribution in [0.15, 0.2) is 24.5 Å². The molecule has 1 amide bonds. The number of ether oxygens (including phenoxy) is 2. The number of thiophene rings is 1. The third-order valence-electron chi connectivity index (χ3n) is 5.73. The SMILES string of the molecule is CNCCCCNC(=O)c1sc2ncnc(Nc3ccc(F)cc3OC3CCOCC3)c2c1C. The lowest BCUT2D eigenvalue weighted by molar-refractivity contribution is 0.0257. The van der Waals surface area contributed by atoms with E-state index in [1.807, 2.05) is 14.0 Å². The Labute approximate surface area is 202 Å². The highest BCUT2D eigenvalue weighted by molar-refractivity contribution is 7.20. The second kappa shape index (κ2) is 11.5. The normalized spacial score (nSPS) is 14.3. The van der Waals surface area contributed by atoms with Crippen LogP contribution in [0.2, 0.25) is 0 Å². The van der Waals surface area contributed by atoms with Crippen LogP contribution in [0.5, 0.6) is 5.75 Å². The molecule has 1 saturated heterocycles. The van der Waals surface area contributed by atoms with E-state index in [1.54, 1.807) is 6.07 Å². The first-order valence-electron chi connectivity index (χ1n) is 11.5. The van der Waals surface area contributed by atoms with E-state index in [0.29, 0.717) is 46.7 Å². The van der Waals surface area contributed by atoms with Gasteiger partial charge in [-0.25, -0.2) is 14.4 Å². The Balaban J connectivity index is 1.55. The number of nitrogens with zero attached hydrogens (tertiary/aromatic N) is 2. The molecule has 1 fully saturated rings. The molecule has 3 aromatic rings. The van der Waals surface area contributed by atoms with Gasteiger partial charge in [0.2, 0.25) is 0 Å². The summed E-state index contributed by atoms with van der Waals surface area (Å²) in [5.74, 6) is 0.489. The van der Waals surface area contributed by atoms with Crippen molar-refractivity contribution < 1.29 is 18.7 Å². The van der Waals surface area contributed by atoms with Crippen LogP contribution in [-0.4, -0.2) is 55.3 Å². The number of amides is 1. The van der Waals surface area contributed by atoms with Gasteiger partial charge in [0.15, 0.2) is 0 Å². The van der Waals surface area contributed by atoms with E-state index in [0.717, 1.165) is 43.2 Å². The van der Waals surface area contributed by atoms with Gasteiger partial charge in [0, 0.05) is 25.5 Å². The van der Waals surface area contributed by atoms with Crippen LogP contribution >= 0.6 is 11.3 Å². The summed E-state index contributed by atoms with van der Waals surface area (Å²) in [5, 5.41) is 10.2. The highest BCUT2D eigenvalue weighted by atomic mass is 32.1. The molecule has 10 heteroatoms. The van der Waals surface area contributed by atoms with Crippen LogP contribution in [0.1, 0.15) is 40.9 Å². The van der Waals surface area contributed by atoms with Crippen molar-refractivity contribution in [2.75, 3.05) is 38.7 Å². The van der Waals surface area contributed by atoms with Crippen molar-refractivity contribution in [3.05, 3.63) is 40.8 Å². The zero-order chi connectivity index (χ0) is 23.9. The third-order valence-corrected chi connectivity index (χ3v) is 6.93. The molecule has 2 aromatic heterocycles. The maximum absolute atomic E-state index is 14.0. The molecule has 3 heterocycles. The Morgan fingerprint density at radius 3 is 2.82 bits per heavy atom. The molecular weight excluding hydrogens is 457 g/mol. The summed E-state index contributed by atoms with van der Waals surface area (Å²) in [7, 11) is 1.91. The summed E-state index contributed by atoms with van der Waals surface area (Å²) < 4.78 is 25.5. The predicted octanol–water partition coefficient (Wildman–Crippen LogP) is 4.17. The van der Waals surface area contributed by atoms with Gasteiger partial charge in [0.1, 0.15) is 34.6 Å². The topological polar surface area (TPSA) is 97.4 Å². The zero-order valence-corrected chi connectivity index (χ0v) is 20.3. The monoisotopic (exact) mass is 487 g/mol. The summed E-state index contributed by atoms with van der Waals surface area (Å²) >= 11 is 1.34. The van der Waals surface area contributed by atoms with Crippen LogP contribution in [0.4, 0.5) is 15.9 Å². The number of hydrogen-bond donors (Lipinski definition) is 3. The van der Waals surface area contributed by atoms with E-state index < -0.39 is 0 Å². The highest BCUT2D eigenvalue weighted by Crippen LogP contribution is 2.37. The largest absolute Gasteiger partial charge is 0.488 e. The number of benzene rings is 1. The molecule has 3 N–H and O–H groups in total.